The van der Waals surface area contributed by atoms with Crippen molar-refractivity contribution in [2.75, 3.05) is 26.2 Å². The number of hydrogen-bond donors (Lipinski definition) is 1. The van der Waals surface area contributed by atoms with E-state index in [1.807, 2.05) is 9.80 Å². The average molecular weight is 256 g/mol. The molecule has 0 saturated carbocycles. The van der Waals surface area contributed by atoms with Crippen molar-refractivity contribution < 1.29 is 9.90 Å². The van der Waals surface area contributed by atoms with Gasteiger partial charge in [-0.25, -0.2) is 4.79 Å². The van der Waals surface area contributed by atoms with E-state index in [1.54, 1.807) is 0 Å². The summed E-state index contributed by atoms with van der Waals surface area (Å²) in [5.74, 6) is 0.730. The molecular weight excluding hydrogens is 228 g/mol. The number of carbonyl (C=O) groups excluding carboxylic acids is 1. The van der Waals surface area contributed by atoms with Crippen molar-refractivity contribution in [3.8, 4) is 0 Å². The Hall–Kier alpha value is -0.770. The molecule has 0 aromatic carbocycles. The highest BCUT2D eigenvalue weighted by atomic mass is 16.3. The maximum Gasteiger partial charge on any atom is 0.320 e. The van der Waals surface area contributed by atoms with Crippen LogP contribution in [0.2, 0.25) is 0 Å². The lowest BCUT2D eigenvalue weighted by molar-refractivity contribution is 0.103. The zero-order valence-corrected chi connectivity index (χ0v) is 12.1. The highest BCUT2D eigenvalue weighted by molar-refractivity contribution is 5.75. The Balaban J connectivity index is 2.63. The van der Waals surface area contributed by atoms with Gasteiger partial charge in [-0.15, -0.1) is 0 Å². The fourth-order valence-corrected chi connectivity index (χ4v) is 2.65. The number of rotatable bonds is 5. The quantitative estimate of drug-likeness (QED) is 0.820. The van der Waals surface area contributed by atoms with E-state index in [4.69, 9.17) is 5.11 Å². The van der Waals surface area contributed by atoms with Crippen molar-refractivity contribution >= 4 is 6.03 Å². The summed E-state index contributed by atoms with van der Waals surface area (Å²) in [4.78, 5) is 16.3. The number of urea groups is 1. The van der Waals surface area contributed by atoms with E-state index in [0.29, 0.717) is 6.54 Å². The molecule has 4 nitrogen and oxygen atoms in total. The Kier molecular flexibility index (Phi) is 6.47. The molecule has 0 aromatic rings. The lowest BCUT2D eigenvalue weighted by atomic mass is 9.99. The summed E-state index contributed by atoms with van der Waals surface area (Å²) < 4.78 is 0. The molecule has 1 heterocycles. The molecule has 0 unspecified atom stereocenters. The zero-order valence-electron chi connectivity index (χ0n) is 12.1. The number of nitrogens with zero attached hydrogens (tertiary/aromatic N) is 2. The van der Waals surface area contributed by atoms with Crippen molar-refractivity contribution in [1.29, 1.82) is 0 Å². The van der Waals surface area contributed by atoms with Crippen LogP contribution >= 0.6 is 0 Å². The Morgan fingerprint density at radius 1 is 1.33 bits per heavy atom. The van der Waals surface area contributed by atoms with Crippen molar-refractivity contribution in [2.24, 2.45) is 5.92 Å². The van der Waals surface area contributed by atoms with Crippen LogP contribution in [-0.2, 0) is 0 Å². The molecule has 1 saturated heterocycles. The van der Waals surface area contributed by atoms with Gasteiger partial charge in [-0.3, -0.25) is 0 Å². The second-order valence-corrected chi connectivity index (χ2v) is 5.34. The summed E-state index contributed by atoms with van der Waals surface area (Å²) in [7, 11) is 0. The molecule has 1 aliphatic rings. The first-order chi connectivity index (χ1) is 8.63. The van der Waals surface area contributed by atoms with Crippen molar-refractivity contribution in [3.63, 3.8) is 0 Å². The first-order valence-electron chi connectivity index (χ1n) is 7.30. The van der Waals surface area contributed by atoms with Gasteiger partial charge in [0.2, 0.25) is 0 Å². The summed E-state index contributed by atoms with van der Waals surface area (Å²) in [6.07, 6.45) is 4.10. The fourth-order valence-electron chi connectivity index (χ4n) is 2.65. The normalized spacial score (nSPS) is 17.3. The van der Waals surface area contributed by atoms with Gasteiger partial charge in [0.25, 0.3) is 0 Å². The van der Waals surface area contributed by atoms with Crippen LogP contribution in [0.1, 0.15) is 46.5 Å². The zero-order chi connectivity index (χ0) is 13.5. The van der Waals surface area contributed by atoms with Crippen LogP contribution < -0.4 is 0 Å². The summed E-state index contributed by atoms with van der Waals surface area (Å²) >= 11 is 0. The minimum atomic E-state index is 0.0481. The first kappa shape index (κ1) is 15.3. The second kappa shape index (κ2) is 7.62. The van der Waals surface area contributed by atoms with Gasteiger partial charge in [0.05, 0.1) is 6.61 Å². The molecule has 0 radical (unpaired) electrons. The van der Waals surface area contributed by atoms with Crippen LogP contribution in [0.3, 0.4) is 0 Å². The van der Waals surface area contributed by atoms with Gasteiger partial charge in [-0.2, -0.15) is 0 Å². The highest BCUT2D eigenvalue weighted by Gasteiger charge is 2.27. The van der Waals surface area contributed by atoms with E-state index in [2.05, 4.69) is 20.8 Å². The molecule has 18 heavy (non-hydrogen) atoms. The van der Waals surface area contributed by atoms with E-state index in [1.165, 1.54) is 0 Å². The summed E-state index contributed by atoms with van der Waals surface area (Å²) in [6, 6.07) is 0.369. The van der Waals surface area contributed by atoms with E-state index in [9.17, 15) is 4.79 Å². The predicted octanol–water partition coefficient (Wildman–Crippen LogP) is 2.32. The van der Waals surface area contributed by atoms with Crippen LogP contribution in [0.5, 0.6) is 0 Å². The third-order valence-corrected chi connectivity index (χ3v) is 4.02. The van der Waals surface area contributed by atoms with Gasteiger partial charge < -0.3 is 14.9 Å². The van der Waals surface area contributed by atoms with E-state index >= 15 is 0 Å². The van der Waals surface area contributed by atoms with Gasteiger partial charge in [-0.05, 0) is 31.6 Å². The average Bonchev–Trinajstić information content (AvgIpc) is 2.39. The van der Waals surface area contributed by atoms with Crippen LogP contribution in [0.25, 0.3) is 0 Å². The fraction of sp³-hybridized carbons (Fsp3) is 0.929. The Bertz CT molecular complexity index is 246. The van der Waals surface area contributed by atoms with Gasteiger partial charge in [0, 0.05) is 25.7 Å². The van der Waals surface area contributed by atoms with Crippen molar-refractivity contribution in [1.82, 2.24) is 9.80 Å². The summed E-state index contributed by atoms with van der Waals surface area (Å²) in [6.45, 7) is 8.68. The van der Waals surface area contributed by atoms with Crippen LogP contribution in [0.4, 0.5) is 4.79 Å². The highest BCUT2D eigenvalue weighted by Crippen LogP contribution is 2.19. The molecule has 0 spiro atoms. The molecule has 0 atom stereocenters. The topological polar surface area (TPSA) is 43.8 Å². The minimum absolute atomic E-state index is 0.0481. The van der Waals surface area contributed by atoms with E-state index in [0.717, 1.165) is 44.7 Å². The maximum atomic E-state index is 12.5. The smallest absolute Gasteiger partial charge is 0.320 e. The standard InChI is InChI=1S/C14H28N2O2/c1-4-13(5-2)16(10-11-17)14(18)15-8-6-12(3)7-9-15/h12-13,17H,4-11H2,1-3H3. The molecule has 1 fully saturated rings. The van der Waals surface area contributed by atoms with Crippen molar-refractivity contribution in [3.05, 3.63) is 0 Å². The minimum Gasteiger partial charge on any atom is -0.395 e. The molecule has 1 N–H and O–H groups in total. The lowest BCUT2D eigenvalue weighted by Crippen LogP contribution is -2.51. The Labute approximate surface area is 111 Å². The van der Waals surface area contributed by atoms with Crippen LogP contribution in [-0.4, -0.2) is 53.2 Å². The lowest BCUT2D eigenvalue weighted by Gasteiger charge is -2.38. The number of aliphatic hydroxyl groups is 1. The number of carbonyl (C=O) groups is 1. The second-order valence-electron chi connectivity index (χ2n) is 5.34. The molecule has 1 aliphatic heterocycles. The molecular formula is C14H28N2O2. The van der Waals surface area contributed by atoms with Crippen LogP contribution in [0, 0.1) is 5.92 Å². The number of amides is 2. The van der Waals surface area contributed by atoms with E-state index in [-0.39, 0.29) is 18.7 Å². The first-order valence-corrected chi connectivity index (χ1v) is 7.30. The summed E-state index contributed by atoms with van der Waals surface area (Å²) in [5.41, 5.74) is 0. The molecule has 106 valence electrons. The monoisotopic (exact) mass is 256 g/mol. The van der Waals surface area contributed by atoms with Crippen LogP contribution in [0.15, 0.2) is 0 Å². The molecule has 1 rings (SSSR count). The maximum absolute atomic E-state index is 12.5. The Morgan fingerprint density at radius 3 is 2.33 bits per heavy atom. The molecule has 2 amide bonds. The largest absolute Gasteiger partial charge is 0.395 e. The molecule has 0 aliphatic carbocycles. The molecule has 0 bridgehead atoms. The van der Waals surface area contributed by atoms with Gasteiger partial charge >= 0.3 is 6.03 Å². The van der Waals surface area contributed by atoms with Gasteiger partial charge in [0.15, 0.2) is 0 Å². The van der Waals surface area contributed by atoms with Crippen molar-refractivity contribution in [2.45, 2.75) is 52.5 Å². The Morgan fingerprint density at radius 2 is 1.89 bits per heavy atom. The third-order valence-electron chi connectivity index (χ3n) is 4.02. The summed E-state index contributed by atoms with van der Waals surface area (Å²) in [5, 5.41) is 9.15. The SMILES string of the molecule is CCC(CC)N(CCO)C(=O)N1CCC(C)CC1. The van der Waals surface area contributed by atoms with Gasteiger partial charge in [-0.1, -0.05) is 20.8 Å². The van der Waals surface area contributed by atoms with E-state index < -0.39 is 0 Å². The number of likely N-dealkylation sites (tertiary alicyclic amines) is 1. The number of aliphatic hydroxyl groups excluding tert-OH is 1. The third kappa shape index (κ3) is 3.87. The predicted molar refractivity (Wildman–Crippen MR) is 73.5 cm³/mol. The molecule has 4 heteroatoms. The molecule has 0 aromatic heterocycles. The number of piperidine rings is 1. The van der Waals surface area contributed by atoms with Gasteiger partial charge in [0.1, 0.15) is 0 Å². The number of hydrogen-bond acceptors (Lipinski definition) is 2.